The van der Waals surface area contributed by atoms with Crippen LogP contribution in [0.25, 0.3) is 22.2 Å². The van der Waals surface area contributed by atoms with E-state index in [4.69, 9.17) is 16.7 Å². The molecule has 0 saturated carbocycles. The number of aromatic nitrogens is 1. The summed E-state index contributed by atoms with van der Waals surface area (Å²) in [6.07, 6.45) is 1.47. The number of aryl methyl sites for hydroxylation is 3. The molecule has 0 aliphatic carbocycles. The highest BCUT2D eigenvalue weighted by Crippen LogP contribution is 2.33. The SMILES string of the molecule is Cc1ccc(-c2[nH]c3ccc(Cl)cc3c2CCCC(=O)O)cc1C. The number of H-pyrrole nitrogens is 1. The summed E-state index contributed by atoms with van der Waals surface area (Å²) in [5, 5.41) is 10.7. The zero-order valence-electron chi connectivity index (χ0n) is 13.8. The zero-order chi connectivity index (χ0) is 17.3. The van der Waals surface area contributed by atoms with E-state index in [2.05, 4.69) is 37.0 Å². The molecule has 4 heteroatoms. The Morgan fingerprint density at radius 2 is 1.92 bits per heavy atom. The van der Waals surface area contributed by atoms with Gasteiger partial charge in [-0.1, -0.05) is 23.7 Å². The number of hydrogen-bond donors (Lipinski definition) is 2. The lowest BCUT2D eigenvalue weighted by atomic mass is 9.98. The molecule has 1 heterocycles. The van der Waals surface area contributed by atoms with Crippen molar-refractivity contribution in [1.29, 1.82) is 0 Å². The molecule has 24 heavy (non-hydrogen) atoms. The number of carboxylic acid groups (broad SMARTS) is 1. The Kier molecular flexibility index (Phi) is 4.63. The minimum atomic E-state index is -0.763. The van der Waals surface area contributed by atoms with Crippen LogP contribution in [0.15, 0.2) is 36.4 Å². The third-order valence-corrected chi connectivity index (χ3v) is 4.72. The lowest BCUT2D eigenvalue weighted by Gasteiger charge is -2.07. The average Bonchev–Trinajstić information content (AvgIpc) is 2.88. The maximum absolute atomic E-state index is 10.9. The van der Waals surface area contributed by atoms with Gasteiger partial charge in [-0.3, -0.25) is 4.79 Å². The van der Waals surface area contributed by atoms with Gasteiger partial charge in [0.25, 0.3) is 0 Å². The van der Waals surface area contributed by atoms with E-state index in [1.54, 1.807) is 0 Å². The molecule has 3 nitrogen and oxygen atoms in total. The first-order valence-electron chi connectivity index (χ1n) is 8.05. The summed E-state index contributed by atoms with van der Waals surface area (Å²) >= 11 is 6.17. The Morgan fingerprint density at radius 3 is 2.62 bits per heavy atom. The van der Waals surface area contributed by atoms with Gasteiger partial charge in [-0.05, 0) is 73.2 Å². The summed E-state index contributed by atoms with van der Waals surface area (Å²) in [7, 11) is 0. The van der Waals surface area contributed by atoms with Gasteiger partial charge in [0.15, 0.2) is 0 Å². The molecule has 2 aromatic carbocycles. The van der Waals surface area contributed by atoms with Gasteiger partial charge in [0, 0.05) is 28.0 Å². The van der Waals surface area contributed by atoms with E-state index in [9.17, 15) is 4.79 Å². The molecule has 0 amide bonds. The molecular formula is C20H20ClNO2. The highest BCUT2D eigenvalue weighted by atomic mass is 35.5. The first kappa shape index (κ1) is 16.6. The molecular weight excluding hydrogens is 322 g/mol. The number of carboxylic acids is 1. The van der Waals surface area contributed by atoms with Gasteiger partial charge in [-0.25, -0.2) is 0 Å². The van der Waals surface area contributed by atoms with Crippen LogP contribution >= 0.6 is 11.6 Å². The van der Waals surface area contributed by atoms with E-state index in [-0.39, 0.29) is 6.42 Å². The third kappa shape index (κ3) is 3.31. The number of carbonyl (C=O) groups is 1. The normalized spacial score (nSPS) is 11.1. The second-order valence-corrected chi connectivity index (χ2v) is 6.65. The number of nitrogens with one attached hydrogen (secondary N) is 1. The van der Waals surface area contributed by atoms with Crippen molar-refractivity contribution in [2.75, 3.05) is 0 Å². The molecule has 0 aliphatic heterocycles. The number of aromatic amines is 1. The van der Waals surface area contributed by atoms with Crippen LogP contribution in [0.3, 0.4) is 0 Å². The molecule has 0 unspecified atom stereocenters. The van der Waals surface area contributed by atoms with E-state index < -0.39 is 5.97 Å². The van der Waals surface area contributed by atoms with Crippen molar-refractivity contribution >= 4 is 28.5 Å². The Morgan fingerprint density at radius 1 is 1.12 bits per heavy atom. The molecule has 124 valence electrons. The van der Waals surface area contributed by atoms with Crippen LogP contribution in [-0.4, -0.2) is 16.1 Å². The van der Waals surface area contributed by atoms with Crippen molar-refractivity contribution < 1.29 is 9.90 Å². The maximum atomic E-state index is 10.9. The smallest absolute Gasteiger partial charge is 0.303 e. The summed E-state index contributed by atoms with van der Waals surface area (Å²) in [5.41, 5.74) is 6.83. The minimum absolute atomic E-state index is 0.166. The standard InChI is InChI=1S/C20H20ClNO2/c1-12-6-7-14(10-13(12)2)20-16(4-3-5-19(23)24)17-11-15(21)8-9-18(17)22-20/h6-11,22H,3-5H2,1-2H3,(H,23,24). The molecule has 2 N–H and O–H groups in total. The van der Waals surface area contributed by atoms with E-state index in [0.29, 0.717) is 17.9 Å². The van der Waals surface area contributed by atoms with Gasteiger partial charge in [0.1, 0.15) is 0 Å². The lowest BCUT2D eigenvalue weighted by Crippen LogP contribution is -1.96. The number of benzene rings is 2. The Balaban J connectivity index is 2.11. The molecule has 0 spiro atoms. The second kappa shape index (κ2) is 6.70. The second-order valence-electron chi connectivity index (χ2n) is 6.21. The molecule has 1 aromatic heterocycles. The van der Waals surface area contributed by atoms with Crippen LogP contribution in [0, 0.1) is 13.8 Å². The molecule has 3 aromatic rings. The number of fused-ring (bicyclic) bond motifs is 1. The number of aliphatic carboxylic acids is 1. The highest BCUT2D eigenvalue weighted by molar-refractivity contribution is 6.31. The molecule has 0 saturated heterocycles. The largest absolute Gasteiger partial charge is 0.481 e. The lowest BCUT2D eigenvalue weighted by molar-refractivity contribution is -0.137. The summed E-state index contributed by atoms with van der Waals surface area (Å²) < 4.78 is 0. The third-order valence-electron chi connectivity index (χ3n) is 4.48. The maximum Gasteiger partial charge on any atom is 0.303 e. The quantitative estimate of drug-likeness (QED) is 0.642. The fourth-order valence-electron chi connectivity index (χ4n) is 3.04. The molecule has 0 atom stereocenters. The Bertz CT molecular complexity index is 911. The topological polar surface area (TPSA) is 53.1 Å². The molecule has 0 aliphatic rings. The van der Waals surface area contributed by atoms with Gasteiger partial charge < -0.3 is 10.1 Å². The van der Waals surface area contributed by atoms with Gasteiger partial charge >= 0.3 is 5.97 Å². The van der Waals surface area contributed by atoms with E-state index in [1.807, 2.05) is 18.2 Å². The van der Waals surface area contributed by atoms with Gasteiger partial charge in [0.05, 0.1) is 0 Å². The van der Waals surface area contributed by atoms with Crippen LogP contribution in [0.1, 0.15) is 29.5 Å². The zero-order valence-corrected chi connectivity index (χ0v) is 14.6. The molecule has 0 bridgehead atoms. The summed E-state index contributed by atoms with van der Waals surface area (Å²) in [6.45, 7) is 4.19. The predicted molar refractivity (Wildman–Crippen MR) is 98.8 cm³/mol. The van der Waals surface area contributed by atoms with Crippen molar-refractivity contribution in [2.24, 2.45) is 0 Å². The van der Waals surface area contributed by atoms with Crippen LogP contribution in [0.2, 0.25) is 5.02 Å². The van der Waals surface area contributed by atoms with Crippen LogP contribution in [0.5, 0.6) is 0 Å². The number of hydrogen-bond acceptors (Lipinski definition) is 1. The fraction of sp³-hybridized carbons (Fsp3) is 0.250. The van der Waals surface area contributed by atoms with Crippen molar-refractivity contribution in [3.63, 3.8) is 0 Å². The summed E-state index contributed by atoms with van der Waals surface area (Å²) in [4.78, 5) is 14.3. The monoisotopic (exact) mass is 341 g/mol. The first-order chi connectivity index (χ1) is 11.5. The van der Waals surface area contributed by atoms with Crippen molar-refractivity contribution in [3.05, 3.63) is 58.1 Å². The number of halogens is 1. The van der Waals surface area contributed by atoms with Gasteiger partial charge in [-0.15, -0.1) is 0 Å². The van der Waals surface area contributed by atoms with Crippen molar-refractivity contribution in [3.8, 4) is 11.3 Å². The van der Waals surface area contributed by atoms with Crippen molar-refractivity contribution in [1.82, 2.24) is 4.98 Å². The average molecular weight is 342 g/mol. The van der Waals surface area contributed by atoms with E-state index in [1.165, 1.54) is 11.1 Å². The summed E-state index contributed by atoms with van der Waals surface area (Å²) in [6, 6.07) is 12.2. The van der Waals surface area contributed by atoms with Crippen LogP contribution < -0.4 is 0 Å². The molecule has 0 fully saturated rings. The van der Waals surface area contributed by atoms with Crippen LogP contribution in [-0.2, 0) is 11.2 Å². The Hall–Kier alpha value is -2.26. The van der Waals surface area contributed by atoms with Gasteiger partial charge in [0.2, 0.25) is 0 Å². The fourth-order valence-corrected chi connectivity index (χ4v) is 3.21. The van der Waals surface area contributed by atoms with E-state index >= 15 is 0 Å². The summed E-state index contributed by atoms with van der Waals surface area (Å²) in [5.74, 6) is -0.763. The molecule has 3 rings (SSSR count). The van der Waals surface area contributed by atoms with Gasteiger partial charge in [-0.2, -0.15) is 0 Å². The molecule has 0 radical (unpaired) electrons. The highest BCUT2D eigenvalue weighted by Gasteiger charge is 2.14. The van der Waals surface area contributed by atoms with Crippen molar-refractivity contribution in [2.45, 2.75) is 33.1 Å². The number of rotatable bonds is 5. The van der Waals surface area contributed by atoms with E-state index in [0.717, 1.165) is 27.7 Å². The predicted octanol–water partition coefficient (Wildman–Crippen LogP) is 5.51. The Labute approximate surface area is 146 Å². The minimum Gasteiger partial charge on any atom is -0.481 e. The first-order valence-corrected chi connectivity index (χ1v) is 8.43. The van der Waals surface area contributed by atoms with Crippen LogP contribution in [0.4, 0.5) is 0 Å².